The second-order valence-electron chi connectivity index (χ2n) is 6.98. The van der Waals surface area contributed by atoms with Gasteiger partial charge in [0.2, 0.25) is 0 Å². The molecule has 3 rings (SSSR count). The number of cyclic esters (lactones) is 1. The molecule has 0 spiro atoms. The van der Waals surface area contributed by atoms with Crippen LogP contribution >= 0.6 is 0 Å². The van der Waals surface area contributed by atoms with Crippen LogP contribution in [0, 0.1) is 13.8 Å². The summed E-state index contributed by atoms with van der Waals surface area (Å²) in [6, 6.07) is 11.6. The Bertz CT molecular complexity index is 839. The van der Waals surface area contributed by atoms with Crippen LogP contribution in [0.5, 0.6) is 0 Å². The monoisotopic (exact) mass is 337 g/mol. The minimum Gasteiger partial charge on any atom is -0.448 e. The molecule has 1 aliphatic heterocycles. The van der Waals surface area contributed by atoms with Gasteiger partial charge in [0.05, 0.1) is 5.56 Å². The van der Waals surface area contributed by atoms with E-state index >= 15 is 0 Å². The van der Waals surface area contributed by atoms with E-state index in [1.165, 1.54) is 0 Å². The van der Waals surface area contributed by atoms with Crippen molar-refractivity contribution in [1.29, 1.82) is 0 Å². The highest BCUT2D eigenvalue weighted by atomic mass is 16.5. The Morgan fingerprint density at radius 2 is 1.92 bits per heavy atom. The van der Waals surface area contributed by atoms with E-state index in [2.05, 4.69) is 19.2 Å². The van der Waals surface area contributed by atoms with Gasteiger partial charge in [-0.3, -0.25) is 4.79 Å². The zero-order chi connectivity index (χ0) is 18.1. The lowest BCUT2D eigenvalue weighted by molar-refractivity contribution is -0.125. The van der Waals surface area contributed by atoms with E-state index < -0.39 is 12.1 Å². The Morgan fingerprint density at radius 1 is 1.16 bits per heavy atom. The molecule has 1 amide bonds. The highest BCUT2D eigenvalue weighted by molar-refractivity contribution is 6.00. The average Bonchev–Trinajstić information content (AvgIpc) is 2.57. The highest BCUT2D eigenvalue weighted by Gasteiger charge is 2.31. The molecule has 130 valence electrons. The SMILES string of the molecule is Cc1ccc(C)c(NC(=O)C2Cc3cc(C(C)C)ccc3C(=O)O2)c1. The van der Waals surface area contributed by atoms with Crippen molar-refractivity contribution in [3.63, 3.8) is 0 Å². The predicted octanol–water partition coefficient (Wildman–Crippen LogP) is 4.15. The summed E-state index contributed by atoms with van der Waals surface area (Å²) in [5, 5.41) is 2.89. The third-order valence-electron chi connectivity index (χ3n) is 4.61. The average molecular weight is 337 g/mol. The van der Waals surface area contributed by atoms with Crippen LogP contribution in [0.25, 0.3) is 0 Å². The molecule has 2 aromatic rings. The molecular formula is C21H23NO3. The van der Waals surface area contributed by atoms with Crippen LogP contribution in [0.3, 0.4) is 0 Å². The first kappa shape index (κ1) is 17.2. The lowest BCUT2D eigenvalue weighted by Crippen LogP contribution is -2.38. The number of nitrogens with one attached hydrogen (secondary N) is 1. The summed E-state index contributed by atoms with van der Waals surface area (Å²) in [5.74, 6) is -0.356. The summed E-state index contributed by atoms with van der Waals surface area (Å²) in [6.07, 6.45) is -0.402. The van der Waals surface area contributed by atoms with Crippen LogP contribution < -0.4 is 5.32 Å². The van der Waals surface area contributed by atoms with Crippen LogP contribution in [0.15, 0.2) is 36.4 Å². The van der Waals surface area contributed by atoms with Gasteiger partial charge in [0, 0.05) is 12.1 Å². The van der Waals surface area contributed by atoms with E-state index in [1.54, 1.807) is 6.07 Å². The van der Waals surface area contributed by atoms with E-state index in [1.807, 2.05) is 44.2 Å². The summed E-state index contributed by atoms with van der Waals surface area (Å²) in [5.41, 5.74) is 5.38. The summed E-state index contributed by atoms with van der Waals surface area (Å²) in [4.78, 5) is 24.9. The molecular weight excluding hydrogens is 314 g/mol. The lowest BCUT2D eigenvalue weighted by Gasteiger charge is -2.25. The van der Waals surface area contributed by atoms with Crippen LogP contribution in [0.2, 0.25) is 0 Å². The molecule has 0 radical (unpaired) electrons. The zero-order valence-electron chi connectivity index (χ0n) is 15.1. The maximum absolute atomic E-state index is 12.6. The molecule has 0 aliphatic carbocycles. The van der Waals surface area contributed by atoms with Crippen molar-refractivity contribution >= 4 is 17.6 Å². The van der Waals surface area contributed by atoms with Crippen molar-refractivity contribution in [3.8, 4) is 0 Å². The van der Waals surface area contributed by atoms with Crippen molar-refractivity contribution in [1.82, 2.24) is 0 Å². The van der Waals surface area contributed by atoms with Crippen LogP contribution in [0.1, 0.15) is 52.4 Å². The van der Waals surface area contributed by atoms with Crippen molar-refractivity contribution in [2.24, 2.45) is 0 Å². The molecule has 0 saturated heterocycles. The van der Waals surface area contributed by atoms with Gasteiger partial charge in [-0.2, -0.15) is 0 Å². The van der Waals surface area contributed by atoms with E-state index in [-0.39, 0.29) is 5.91 Å². The Hall–Kier alpha value is -2.62. The van der Waals surface area contributed by atoms with Gasteiger partial charge in [-0.25, -0.2) is 4.79 Å². The second kappa shape index (κ2) is 6.71. The molecule has 4 nitrogen and oxygen atoms in total. The van der Waals surface area contributed by atoms with Gasteiger partial charge in [0.15, 0.2) is 6.10 Å². The van der Waals surface area contributed by atoms with Crippen molar-refractivity contribution < 1.29 is 14.3 Å². The van der Waals surface area contributed by atoms with Gasteiger partial charge in [-0.15, -0.1) is 0 Å². The molecule has 1 N–H and O–H groups in total. The number of aryl methyl sites for hydroxylation is 2. The first-order chi connectivity index (χ1) is 11.8. The van der Waals surface area contributed by atoms with Gasteiger partial charge in [0.25, 0.3) is 5.91 Å². The standard InChI is InChI=1S/C21H23NO3/c1-12(2)15-7-8-17-16(10-15)11-19(25-21(17)24)20(23)22-18-9-13(3)5-6-14(18)4/h5-10,12,19H,11H2,1-4H3,(H,22,23). The Balaban J connectivity index is 1.82. The number of fused-ring (bicyclic) bond motifs is 1. The zero-order valence-corrected chi connectivity index (χ0v) is 15.1. The van der Waals surface area contributed by atoms with Gasteiger partial charge in [0.1, 0.15) is 0 Å². The van der Waals surface area contributed by atoms with Crippen LogP contribution in [-0.4, -0.2) is 18.0 Å². The number of amides is 1. The molecule has 0 fully saturated rings. The van der Waals surface area contributed by atoms with Gasteiger partial charge in [-0.05, 0) is 54.2 Å². The number of anilines is 1. The molecule has 0 bridgehead atoms. The number of esters is 1. The third-order valence-corrected chi connectivity index (χ3v) is 4.61. The second-order valence-corrected chi connectivity index (χ2v) is 6.98. The Kier molecular flexibility index (Phi) is 4.62. The van der Waals surface area contributed by atoms with E-state index in [4.69, 9.17) is 4.74 Å². The third kappa shape index (κ3) is 3.58. The largest absolute Gasteiger partial charge is 0.448 e. The molecule has 2 aromatic carbocycles. The van der Waals surface area contributed by atoms with E-state index in [0.717, 1.165) is 27.9 Å². The quantitative estimate of drug-likeness (QED) is 0.856. The van der Waals surface area contributed by atoms with E-state index in [9.17, 15) is 9.59 Å². The Morgan fingerprint density at radius 3 is 2.64 bits per heavy atom. The van der Waals surface area contributed by atoms with Crippen LogP contribution in [0.4, 0.5) is 5.69 Å². The lowest BCUT2D eigenvalue weighted by atomic mass is 9.92. The van der Waals surface area contributed by atoms with Crippen molar-refractivity contribution in [2.75, 3.05) is 5.32 Å². The molecule has 0 aromatic heterocycles. The van der Waals surface area contributed by atoms with Crippen LogP contribution in [-0.2, 0) is 16.0 Å². The summed E-state index contributed by atoms with van der Waals surface area (Å²) in [7, 11) is 0. The number of hydrogen-bond donors (Lipinski definition) is 1. The smallest absolute Gasteiger partial charge is 0.339 e. The van der Waals surface area contributed by atoms with Gasteiger partial charge >= 0.3 is 5.97 Å². The number of hydrogen-bond acceptors (Lipinski definition) is 3. The molecule has 25 heavy (non-hydrogen) atoms. The number of benzene rings is 2. The first-order valence-electron chi connectivity index (χ1n) is 8.57. The highest BCUT2D eigenvalue weighted by Crippen LogP contribution is 2.26. The number of carbonyl (C=O) groups is 2. The van der Waals surface area contributed by atoms with Gasteiger partial charge in [-0.1, -0.05) is 38.1 Å². The van der Waals surface area contributed by atoms with Crippen molar-refractivity contribution in [2.45, 2.75) is 46.1 Å². The minimum atomic E-state index is -0.803. The fourth-order valence-corrected chi connectivity index (χ4v) is 3.00. The molecule has 1 unspecified atom stereocenters. The molecule has 1 atom stereocenters. The maximum atomic E-state index is 12.6. The van der Waals surface area contributed by atoms with Crippen molar-refractivity contribution in [3.05, 3.63) is 64.2 Å². The first-order valence-corrected chi connectivity index (χ1v) is 8.57. The number of ether oxygens (including phenoxy) is 1. The molecule has 1 heterocycles. The van der Waals surface area contributed by atoms with Gasteiger partial charge < -0.3 is 10.1 Å². The molecule has 0 saturated carbocycles. The topological polar surface area (TPSA) is 55.4 Å². The Labute approximate surface area is 148 Å². The normalized spacial score (nSPS) is 16.4. The summed E-state index contributed by atoms with van der Waals surface area (Å²) in [6.45, 7) is 8.12. The fourth-order valence-electron chi connectivity index (χ4n) is 3.00. The predicted molar refractivity (Wildman–Crippen MR) is 98.0 cm³/mol. The summed E-state index contributed by atoms with van der Waals surface area (Å²) >= 11 is 0. The summed E-state index contributed by atoms with van der Waals surface area (Å²) < 4.78 is 5.37. The fraction of sp³-hybridized carbons (Fsp3) is 0.333. The molecule has 1 aliphatic rings. The minimum absolute atomic E-state index is 0.289. The number of rotatable bonds is 3. The maximum Gasteiger partial charge on any atom is 0.339 e. The van der Waals surface area contributed by atoms with E-state index in [0.29, 0.717) is 17.9 Å². The molecule has 4 heteroatoms. The number of carbonyl (C=O) groups excluding carboxylic acids is 2.